The number of carbonyl (C=O) groups excluding carboxylic acids is 1. The van der Waals surface area contributed by atoms with Crippen LogP contribution in [0.15, 0.2) is 30.3 Å². The topological polar surface area (TPSA) is 66.4 Å². The Labute approximate surface area is 108 Å². The minimum atomic E-state index is -1.13. The average Bonchev–Trinajstić information content (AvgIpc) is 2.32. The van der Waals surface area contributed by atoms with Gasteiger partial charge in [0.1, 0.15) is 0 Å². The highest BCUT2D eigenvalue weighted by Crippen LogP contribution is 2.34. The van der Waals surface area contributed by atoms with Crippen LogP contribution in [-0.4, -0.2) is 17.0 Å². The summed E-state index contributed by atoms with van der Waals surface area (Å²) in [5.41, 5.74) is 0.115. The summed E-state index contributed by atoms with van der Waals surface area (Å²) >= 11 is 6.16. The molecule has 0 aliphatic heterocycles. The van der Waals surface area contributed by atoms with Crippen molar-refractivity contribution in [2.75, 3.05) is 5.32 Å². The van der Waals surface area contributed by atoms with Crippen molar-refractivity contribution in [2.24, 2.45) is 0 Å². The Bertz CT molecular complexity index is 652. The van der Waals surface area contributed by atoms with E-state index in [0.29, 0.717) is 10.8 Å². The van der Waals surface area contributed by atoms with Crippen LogP contribution >= 0.6 is 11.6 Å². The van der Waals surface area contributed by atoms with Gasteiger partial charge in [0.15, 0.2) is 0 Å². The number of nitrogens with one attached hydrogen (secondary N) is 1. The van der Waals surface area contributed by atoms with Gasteiger partial charge < -0.3 is 10.4 Å². The van der Waals surface area contributed by atoms with Gasteiger partial charge in [-0.2, -0.15) is 0 Å². The van der Waals surface area contributed by atoms with E-state index >= 15 is 0 Å². The van der Waals surface area contributed by atoms with E-state index in [2.05, 4.69) is 5.32 Å². The molecular formula is C13H10ClNO3. The Morgan fingerprint density at radius 3 is 2.56 bits per heavy atom. The number of carboxylic acid groups (broad SMARTS) is 1. The molecule has 2 aromatic rings. The molecule has 4 nitrogen and oxygen atoms in total. The molecule has 0 spiro atoms. The molecule has 0 fully saturated rings. The lowest BCUT2D eigenvalue weighted by Gasteiger charge is -2.11. The average molecular weight is 264 g/mol. The van der Waals surface area contributed by atoms with E-state index in [1.807, 2.05) is 0 Å². The maximum absolute atomic E-state index is 11.2. The van der Waals surface area contributed by atoms with Crippen molar-refractivity contribution in [2.45, 2.75) is 6.92 Å². The second-order valence-electron chi connectivity index (χ2n) is 3.82. The third-order valence-corrected chi connectivity index (χ3v) is 2.91. The number of amides is 1. The normalized spacial score (nSPS) is 10.3. The number of hydrogen-bond donors (Lipinski definition) is 2. The highest BCUT2D eigenvalue weighted by molar-refractivity contribution is 6.39. The van der Waals surface area contributed by atoms with Crippen molar-refractivity contribution < 1.29 is 14.7 Å². The summed E-state index contributed by atoms with van der Waals surface area (Å²) < 4.78 is 0. The van der Waals surface area contributed by atoms with Gasteiger partial charge in [0.25, 0.3) is 0 Å². The summed E-state index contributed by atoms with van der Waals surface area (Å²) in [5.74, 6) is -1.50. The Morgan fingerprint density at radius 1 is 1.28 bits per heavy atom. The first-order chi connectivity index (χ1) is 8.50. The molecule has 2 aromatic carbocycles. The van der Waals surface area contributed by atoms with E-state index in [9.17, 15) is 9.59 Å². The highest BCUT2D eigenvalue weighted by atomic mass is 35.5. The van der Waals surface area contributed by atoms with Crippen molar-refractivity contribution in [3.8, 4) is 0 Å². The van der Waals surface area contributed by atoms with Crippen molar-refractivity contribution in [1.82, 2.24) is 0 Å². The summed E-state index contributed by atoms with van der Waals surface area (Å²) in [4.78, 5) is 22.3. The van der Waals surface area contributed by atoms with Gasteiger partial charge in [0.05, 0.1) is 16.3 Å². The lowest BCUT2D eigenvalue weighted by molar-refractivity contribution is -0.114. The van der Waals surface area contributed by atoms with Gasteiger partial charge in [0.2, 0.25) is 5.91 Å². The van der Waals surface area contributed by atoms with Crippen LogP contribution in [-0.2, 0) is 4.79 Å². The molecule has 0 saturated heterocycles. The maximum Gasteiger partial charge on any atom is 0.337 e. The number of aromatic carboxylic acids is 1. The lowest BCUT2D eigenvalue weighted by Crippen LogP contribution is -2.11. The minimum Gasteiger partial charge on any atom is -0.478 e. The van der Waals surface area contributed by atoms with Gasteiger partial charge in [0, 0.05) is 12.3 Å². The molecule has 0 bridgehead atoms. The fourth-order valence-corrected chi connectivity index (χ4v) is 2.09. The van der Waals surface area contributed by atoms with Gasteiger partial charge in [-0.3, -0.25) is 4.79 Å². The molecule has 2 N–H and O–H groups in total. The number of benzene rings is 2. The van der Waals surface area contributed by atoms with Gasteiger partial charge in [-0.25, -0.2) is 4.79 Å². The van der Waals surface area contributed by atoms with Gasteiger partial charge >= 0.3 is 5.97 Å². The van der Waals surface area contributed by atoms with Gasteiger partial charge in [-0.15, -0.1) is 0 Å². The quantitative estimate of drug-likeness (QED) is 0.875. The molecule has 1 amide bonds. The van der Waals surface area contributed by atoms with E-state index in [0.717, 1.165) is 0 Å². The van der Waals surface area contributed by atoms with E-state index in [4.69, 9.17) is 16.7 Å². The summed E-state index contributed by atoms with van der Waals surface area (Å²) in [6, 6.07) is 8.63. The molecule has 0 heterocycles. The maximum atomic E-state index is 11.2. The number of carbonyl (C=O) groups is 2. The fraction of sp³-hybridized carbons (Fsp3) is 0.0769. The van der Waals surface area contributed by atoms with E-state index in [1.54, 1.807) is 24.3 Å². The monoisotopic (exact) mass is 263 g/mol. The Hall–Kier alpha value is -2.07. The summed E-state index contributed by atoms with van der Waals surface area (Å²) in [6.45, 7) is 1.30. The smallest absolute Gasteiger partial charge is 0.337 e. The molecule has 0 aromatic heterocycles. The number of carboxylic acids is 1. The Balaban J connectivity index is 2.79. The molecule has 0 aliphatic rings. The predicted molar refractivity (Wildman–Crippen MR) is 70.2 cm³/mol. The molecule has 0 saturated carbocycles. The summed E-state index contributed by atoms with van der Waals surface area (Å²) in [6.07, 6.45) is 0. The first-order valence-electron chi connectivity index (χ1n) is 5.23. The first-order valence-corrected chi connectivity index (χ1v) is 5.60. The Morgan fingerprint density at radius 2 is 1.94 bits per heavy atom. The largest absolute Gasteiger partial charge is 0.478 e. The number of halogens is 1. The fourth-order valence-electron chi connectivity index (χ4n) is 1.77. The van der Waals surface area contributed by atoms with Crippen LogP contribution in [0, 0.1) is 0 Å². The van der Waals surface area contributed by atoms with Crippen molar-refractivity contribution >= 4 is 39.9 Å². The minimum absolute atomic E-state index is 0.0195. The van der Waals surface area contributed by atoms with Gasteiger partial charge in [-0.1, -0.05) is 35.9 Å². The van der Waals surface area contributed by atoms with Crippen LogP contribution in [0.25, 0.3) is 10.8 Å². The van der Waals surface area contributed by atoms with Crippen LogP contribution in [0.1, 0.15) is 17.3 Å². The lowest BCUT2D eigenvalue weighted by atomic mass is 10.0. The zero-order valence-corrected chi connectivity index (χ0v) is 10.3. The zero-order chi connectivity index (χ0) is 13.3. The van der Waals surface area contributed by atoms with Crippen LogP contribution in [0.2, 0.25) is 5.02 Å². The second-order valence-corrected chi connectivity index (χ2v) is 4.20. The third kappa shape index (κ3) is 2.15. The predicted octanol–water partition coefficient (Wildman–Crippen LogP) is 3.15. The molecule has 92 valence electrons. The number of fused-ring (bicyclic) bond motifs is 1. The van der Waals surface area contributed by atoms with Crippen molar-refractivity contribution in [1.29, 1.82) is 0 Å². The van der Waals surface area contributed by atoms with Gasteiger partial charge in [-0.05, 0) is 11.5 Å². The number of hydrogen-bond acceptors (Lipinski definition) is 2. The SMILES string of the molecule is CC(=O)Nc1c(C(=O)O)cc2ccccc2c1Cl. The van der Waals surface area contributed by atoms with E-state index in [1.165, 1.54) is 13.0 Å². The molecule has 18 heavy (non-hydrogen) atoms. The molecule has 0 unspecified atom stereocenters. The van der Waals surface area contributed by atoms with Crippen LogP contribution in [0.5, 0.6) is 0 Å². The molecule has 5 heteroatoms. The second kappa shape index (κ2) is 4.66. The molecule has 0 aliphatic carbocycles. The summed E-state index contributed by atoms with van der Waals surface area (Å²) in [7, 11) is 0. The molecule has 2 rings (SSSR count). The first kappa shape index (κ1) is 12.4. The Kier molecular flexibility index (Phi) is 3.21. The van der Waals surface area contributed by atoms with Crippen molar-refractivity contribution in [3.05, 3.63) is 40.9 Å². The summed E-state index contributed by atoms with van der Waals surface area (Å²) in [5, 5.41) is 13.3. The number of rotatable bonds is 2. The van der Waals surface area contributed by atoms with Crippen LogP contribution in [0.3, 0.4) is 0 Å². The third-order valence-electron chi connectivity index (χ3n) is 2.52. The zero-order valence-electron chi connectivity index (χ0n) is 9.53. The number of anilines is 1. The van der Waals surface area contributed by atoms with E-state index < -0.39 is 5.97 Å². The van der Waals surface area contributed by atoms with E-state index in [-0.39, 0.29) is 22.2 Å². The standard InChI is InChI=1S/C13H10ClNO3/c1-7(16)15-12-10(13(17)18)6-8-4-2-3-5-9(8)11(12)14/h2-6H,1H3,(H,15,16)(H,17,18). The molecule has 0 radical (unpaired) electrons. The van der Waals surface area contributed by atoms with Crippen molar-refractivity contribution in [3.63, 3.8) is 0 Å². The molecule has 0 atom stereocenters. The highest BCUT2D eigenvalue weighted by Gasteiger charge is 2.17. The van der Waals surface area contributed by atoms with Crippen LogP contribution < -0.4 is 5.32 Å². The molecular weight excluding hydrogens is 254 g/mol. The van der Waals surface area contributed by atoms with Crippen LogP contribution in [0.4, 0.5) is 5.69 Å².